The third-order valence-corrected chi connectivity index (χ3v) is 3.78. The number of halogens is 1. The van der Waals surface area contributed by atoms with E-state index in [1.807, 2.05) is 24.3 Å². The van der Waals surface area contributed by atoms with Crippen molar-refractivity contribution in [2.24, 2.45) is 0 Å². The second-order valence-corrected chi connectivity index (χ2v) is 5.25. The highest BCUT2D eigenvalue weighted by Gasteiger charge is 2.21. The zero-order chi connectivity index (χ0) is 13.1. The van der Waals surface area contributed by atoms with Crippen molar-refractivity contribution in [2.45, 2.75) is 12.5 Å². The lowest BCUT2D eigenvalue weighted by Gasteiger charge is -2.20. The summed E-state index contributed by atoms with van der Waals surface area (Å²) in [5.74, 6) is 1.29. The maximum atomic E-state index is 5.39. The van der Waals surface area contributed by atoms with Gasteiger partial charge in [0.1, 0.15) is 6.04 Å². The van der Waals surface area contributed by atoms with Crippen LogP contribution in [0.1, 0.15) is 23.3 Å². The molecule has 2 aromatic rings. The fraction of sp³-hybridized carbons (Fsp3) is 0.385. The van der Waals surface area contributed by atoms with Crippen LogP contribution in [0, 0.1) is 0 Å². The summed E-state index contributed by atoms with van der Waals surface area (Å²) < 4.78 is 11.7. The molecule has 1 unspecified atom stereocenters. The highest BCUT2D eigenvalue weighted by molar-refractivity contribution is 9.10. The predicted octanol–water partition coefficient (Wildman–Crippen LogP) is 2.08. The third-order valence-electron chi connectivity index (χ3n) is 3.01. The van der Waals surface area contributed by atoms with Gasteiger partial charge in [0.2, 0.25) is 5.89 Å². The van der Waals surface area contributed by atoms with E-state index in [1.165, 1.54) is 0 Å². The highest BCUT2D eigenvalue weighted by Crippen LogP contribution is 2.20. The van der Waals surface area contributed by atoms with E-state index in [0.717, 1.165) is 23.2 Å². The predicted molar refractivity (Wildman–Crippen MR) is 72.8 cm³/mol. The summed E-state index contributed by atoms with van der Waals surface area (Å²) in [6.07, 6.45) is 0.651. The van der Waals surface area contributed by atoms with Crippen LogP contribution < -0.4 is 5.32 Å². The first-order chi connectivity index (χ1) is 9.33. The Bertz CT molecular complexity index is 552. The molecular weight excluding hydrogens is 310 g/mol. The Hall–Kier alpha value is -1.24. The maximum absolute atomic E-state index is 5.39. The van der Waals surface area contributed by atoms with Gasteiger partial charge in [0.15, 0.2) is 5.82 Å². The van der Waals surface area contributed by atoms with E-state index < -0.39 is 0 Å². The van der Waals surface area contributed by atoms with Gasteiger partial charge < -0.3 is 14.6 Å². The molecule has 0 spiro atoms. The fourth-order valence-corrected chi connectivity index (χ4v) is 2.44. The summed E-state index contributed by atoms with van der Waals surface area (Å²) >= 11 is 3.52. The zero-order valence-electron chi connectivity index (χ0n) is 10.3. The Kier molecular flexibility index (Phi) is 3.91. The van der Waals surface area contributed by atoms with E-state index >= 15 is 0 Å². The van der Waals surface area contributed by atoms with Crippen LogP contribution in [0.5, 0.6) is 0 Å². The molecule has 3 rings (SSSR count). The zero-order valence-corrected chi connectivity index (χ0v) is 11.9. The van der Waals surface area contributed by atoms with Crippen molar-refractivity contribution in [2.75, 3.05) is 19.8 Å². The number of nitrogens with one attached hydrogen (secondary N) is 1. The van der Waals surface area contributed by atoms with Crippen molar-refractivity contribution < 1.29 is 9.26 Å². The van der Waals surface area contributed by atoms with Crippen LogP contribution in [0.15, 0.2) is 33.3 Å². The van der Waals surface area contributed by atoms with Crippen LogP contribution in [-0.4, -0.2) is 29.9 Å². The lowest BCUT2D eigenvalue weighted by molar-refractivity contribution is 0.0659. The molecule has 0 saturated carbocycles. The summed E-state index contributed by atoms with van der Waals surface area (Å²) in [5.41, 5.74) is 1.14. The van der Waals surface area contributed by atoms with Gasteiger partial charge >= 0.3 is 0 Å². The number of aromatic nitrogens is 2. The topological polar surface area (TPSA) is 60.2 Å². The van der Waals surface area contributed by atoms with Gasteiger partial charge in [-0.3, -0.25) is 0 Å². The fourth-order valence-electron chi connectivity index (χ4n) is 2.02. The maximum Gasteiger partial charge on any atom is 0.246 e. The number of nitrogens with zero attached hydrogens (tertiary/aromatic N) is 2. The minimum Gasteiger partial charge on any atom is -0.378 e. The SMILES string of the molecule is Brc1ccccc1Cc1noc(C2COCCN2)n1. The number of ether oxygens (including phenoxy) is 1. The molecule has 0 aliphatic carbocycles. The van der Waals surface area contributed by atoms with Gasteiger partial charge in [-0.05, 0) is 11.6 Å². The molecule has 1 atom stereocenters. The summed E-state index contributed by atoms with van der Waals surface area (Å²) in [6, 6.07) is 8.04. The van der Waals surface area contributed by atoms with Gasteiger partial charge in [0.05, 0.1) is 13.2 Å². The standard InChI is InChI=1S/C13H14BrN3O2/c14-10-4-2-1-3-9(10)7-12-16-13(19-17-12)11-8-18-6-5-15-11/h1-4,11,15H,5-8H2. The Morgan fingerprint density at radius 1 is 1.37 bits per heavy atom. The van der Waals surface area contributed by atoms with E-state index in [0.29, 0.717) is 24.7 Å². The molecule has 1 saturated heterocycles. The van der Waals surface area contributed by atoms with Crippen molar-refractivity contribution in [3.63, 3.8) is 0 Å². The second-order valence-electron chi connectivity index (χ2n) is 4.40. The highest BCUT2D eigenvalue weighted by atomic mass is 79.9. The number of hydrogen-bond acceptors (Lipinski definition) is 5. The van der Waals surface area contributed by atoms with Crippen molar-refractivity contribution in [3.05, 3.63) is 46.0 Å². The Morgan fingerprint density at radius 2 is 2.26 bits per heavy atom. The smallest absolute Gasteiger partial charge is 0.246 e. The molecule has 0 amide bonds. The van der Waals surface area contributed by atoms with Gasteiger partial charge in [-0.1, -0.05) is 39.3 Å². The van der Waals surface area contributed by atoms with Crippen molar-refractivity contribution in [1.29, 1.82) is 0 Å². The average Bonchev–Trinajstić information content (AvgIpc) is 2.91. The lowest BCUT2D eigenvalue weighted by atomic mass is 10.1. The number of hydrogen-bond donors (Lipinski definition) is 1. The molecule has 1 aromatic heterocycles. The molecule has 19 heavy (non-hydrogen) atoms. The summed E-state index contributed by atoms with van der Waals surface area (Å²) in [7, 11) is 0. The van der Waals surface area contributed by atoms with Gasteiger partial charge in [0.25, 0.3) is 0 Å². The second kappa shape index (κ2) is 5.81. The van der Waals surface area contributed by atoms with Crippen LogP contribution in [0.3, 0.4) is 0 Å². The van der Waals surface area contributed by atoms with Crippen LogP contribution in [0.25, 0.3) is 0 Å². The minimum atomic E-state index is 0.00853. The van der Waals surface area contributed by atoms with E-state index in [4.69, 9.17) is 9.26 Å². The first-order valence-corrected chi connectivity index (χ1v) is 6.99. The number of benzene rings is 1. The van der Waals surface area contributed by atoms with Gasteiger partial charge in [-0.25, -0.2) is 0 Å². The van der Waals surface area contributed by atoms with Crippen LogP contribution in [0.2, 0.25) is 0 Å². The van der Waals surface area contributed by atoms with Crippen molar-refractivity contribution >= 4 is 15.9 Å². The molecule has 2 heterocycles. The molecule has 1 aromatic carbocycles. The molecule has 1 aliphatic rings. The van der Waals surface area contributed by atoms with Crippen LogP contribution in [-0.2, 0) is 11.2 Å². The van der Waals surface area contributed by atoms with Gasteiger partial charge in [-0.15, -0.1) is 0 Å². The molecule has 100 valence electrons. The molecule has 1 fully saturated rings. The summed E-state index contributed by atoms with van der Waals surface area (Å²) in [4.78, 5) is 4.43. The number of rotatable bonds is 3. The van der Waals surface area contributed by atoms with E-state index in [2.05, 4.69) is 31.4 Å². The van der Waals surface area contributed by atoms with E-state index in [1.54, 1.807) is 0 Å². The largest absolute Gasteiger partial charge is 0.378 e. The van der Waals surface area contributed by atoms with Crippen molar-refractivity contribution in [3.8, 4) is 0 Å². The monoisotopic (exact) mass is 323 g/mol. The van der Waals surface area contributed by atoms with Gasteiger partial charge in [0, 0.05) is 17.4 Å². The average molecular weight is 324 g/mol. The minimum absolute atomic E-state index is 0.00853. The normalized spacial score (nSPS) is 19.5. The van der Waals surface area contributed by atoms with Crippen molar-refractivity contribution in [1.82, 2.24) is 15.5 Å². The van der Waals surface area contributed by atoms with E-state index in [9.17, 15) is 0 Å². The quantitative estimate of drug-likeness (QED) is 0.937. The molecule has 5 nitrogen and oxygen atoms in total. The third kappa shape index (κ3) is 3.02. The molecule has 0 bridgehead atoms. The van der Waals surface area contributed by atoms with Crippen LogP contribution >= 0.6 is 15.9 Å². The molecule has 6 heteroatoms. The lowest BCUT2D eigenvalue weighted by Crippen LogP contribution is -2.34. The van der Waals surface area contributed by atoms with Gasteiger partial charge in [-0.2, -0.15) is 4.98 Å². The first-order valence-electron chi connectivity index (χ1n) is 6.20. The molecule has 0 radical (unpaired) electrons. The molecular formula is C13H14BrN3O2. The van der Waals surface area contributed by atoms with Crippen LogP contribution in [0.4, 0.5) is 0 Å². The number of morpholine rings is 1. The Morgan fingerprint density at radius 3 is 3.05 bits per heavy atom. The first kappa shape index (κ1) is 12.8. The summed E-state index contributed by atoms with van der Waals surface area (Å²) in [5, 5.41) is 7.32. The Labute approximate surface area is 119 Å². The molecule has 1 aliphatic heterocycles. The molecule has 1 N–H and O–H groups in total. The Balaban J connectivity index is 1.73. The van der Waals surface area contributed by atoms with E-state index in [-0.39, 0.29) is 6.04 Å². The summed E-state index contributed by atoms with van der Waals surface area (Å²) in [6.45, 7) is 2.12.